The molecule has 24 heavy (non-hydrogen) atoms. The van der Waals surface area contributed by atoms with E-state index in [4.69, 9.17) is 4.42 Å². The van der Waals surface area contributed by atoms with E-state index in [1.165, 1.54) is 18.4 Å². The minimum Gasteiger partial charge on any atom is -0.467 e. The standard InChI is InChI=1S/C17H18F3NO3/c1-11(9-12-4-6-13(7-5-12)17(18,19)20)16(23)21-10-14(22)15-3-2-8-24-15/h2-8,11,14,22H,9-10H2,1H3,(H,21,23). The van der Waals surface area contributed by atoms with E-state index < -0.39 is 23.8 Å². The van der Waals surface area contributed by atoms with E-state index in [2.05, 4.69) is 5.32 Å². The maximum absolute atomic E-state index is 12.5. The summed E-state index contributed by atoms with van der Waals surface area (Å²) in [5.74, 6) is -0.378. The molecule has 0 aliphatic rings. The minimum atomic E-state index is -4.37. The van der Waals surface area contributed by atoms with Gasteiger partial charge in [0.2, 0.25) is 5.91 Å². The SMILES string of the molecule is CC(Cc1ccc(C(F)(F)F)cc1)C(=O)NCC(O)c1ccco1. The monoisotopic (exact) mass is 341 g/mol. The molecule has 7 heteroatoms. The van der Waals surface area contributed by atoms with Gasteiger partial charge < -0.3 is 14.8 Å². The Morgan fingerprint density at radius 1 is 1.25 bits per heavy atom. The number of alkyl halides is 3. The molecule has 2 atom stereocenters. The number of hydrogen-bond acceptors (Lipinski definition) is 3. The van der Waals surface area contributed by atoms with Crippen molar-refractivity contribution in [1.82, 2.24) is 5.32 Å². The Hall–Kier alpha value is -2.28. The number of rotatable bonds is 6. The van der Waals surface area contributed by atoms with Crippen LogP contribution in [0, 0.1) is 5.92 Å². The van der Waals surface area contributed by atoms with Crippen molar-refractivity contribution < 1.29 is 27.5 Å². The van der Waals surface area contributed by atoms with Crippen LogP contribution in [0.5, 0.6) is 0 Å². The van der Waals surface area contributed by atoms with Gasteiger partial charge in [-0.05, 0) is 36.2 Å². The lowest BCUT2D eigenvalue weighted by atomic mass is 9.99. The largest absolute Gasteiger partial charge is 0.467 e. The number of carbonyl (C=O) groups excluding carboxylic acids is 1. The van der Waals surface area contributed by atoms with Crippen molar-refractivity contribution >= 4 is 5.91 Å². The number of carbonyl (C=O) groups is 1. The summed E-state index contributed by atoms with van der Waals surface area (Å²) in [6.07, 6.45) is -3.58. The molecule has 1 aromatic carbocycles. The molecule has 0 saturated carbocycles. The van der Waals surface area contributed by atoms with Gasteiger partial charge in [-0.3, -0.25) is 4.79 Å². The van der Waals surface area contributed by atoms with Crippen LogP contribution in [-0.2, 0) is 17.4 Å². The van der Waals surface area contributed by atoms with Crippen molar-refractivity contribution in [1.29, 1.82) is 0 Å². The molecule has 130 valence electrons. The van der Waals surface area contributed by atoms with E-state index >= 15 is 0 Å². The third kappa shape index (κ3) is 4.86. The quantitative estimate of drug-likeness (QED) is 0.847. The molecule has 0 spiro atoms. The fourth-order valence-corrected chi connectivity index (χ4v) is 2.23. The van der Waals surface area contributed by atoms with E-state index in [0.29, 0.717) is 17.7 Å². The highest BCUT2D eigenvalue weighted by Crippen LogP contribution is 2.29. The zero-order chi connectivity index (χ0) is 17.7. The van der Waals surface area contributed by atoms with Crippen molar-refractivity contribution in [2.24, 2.45) is 5.92 Å². The lowest BCUT2D eigenvalue weighted by molar-refractivity contribution is -0.137. The average Bonchev–Trinajstić information content (AvgIpc) is 3.06. The summed E-state index contributed by atoms with van der Waals surface area (Å²) in [6, 6.07) is 7.96. The molecule has 0 aliphatic heterocycles. The molecule has 0 fully saturated rings. The maximum Gasteiger partial charge on any atom is 0.416 e. The Labute approximate surface area is 137 Å². The average molecular weight is 341 g/mol. The molecule has 4 nitrogen and oxygen atoms in total. The predicted molar refractivity (Wildman–Crippen MR) is 81.0 cm³/mol. The lowest BCUT2D eigenvalue weighted by Crippen LogP contribution is -2.33. The van der Waals surface area contributed by atoms with Crippen LogP contribution < -0.4 is 5.32 Å². The Kier molecular flexibility index (Phi) is 5.66. The Balaban J connectivity index is 1.85. The molecule has 2 unspecified atom stereocenters. The minimum absolute atomic E-state index is 0.00367. The number of amides is 1. The zero-order valence-electron chi connectivity index (χ0n) is 13.0. The first-order valence-electron chi connectivity index (χ1n) is 7.42. The van der Waals surface area contributed by atoms with Gasteiger partial charge in [0.15, 0.2) is 0 Å². The van der Waals surface area contributed by atoms with Gasteiger partial charge in [0.1, 0.15) is 11.9 Å². The molecule has 0 aliphatic carbocycles. The Bertz CT molecular complexity index is 651. The summed E-state index contributed by atoms with van der Waals surface area (Å²) in [6.45, 7) is 1.68. The van der Waals surface area contributed by atoms with Gasteiger partial charge in [-0.15, -0.1) is 0 Å². The van der Waals surface area contributed by atoms with E-state index in [-0.39, 0.29) is 12.5 Å². The molecule has 0 saturated heterocycles. The number of nitrogens with one attached hydrogen (secondary N) is 1. The van der Waals surface area contributed by atoms with E-state index in [1.54, 1.807) is 19.1 Å². The Morgan fingerprint density at radius 2 is 1.92 bits per heavy atom. The van der Waals surface area contributed by atoms with Crippen LogP contribution in [0.15, 0.2) is 47.1 Å². The van der Waals surface area contributed by atoms with Gasteiger partial charge in [0.25, 0.3) is 0 Å². The zero-order valence-corrected chi connectivity index (χ0v) is 13.0. The normalized spacial score (nSPS) is 14.2. The van der Waals surface area contributed by atoms with E-state index in [9.17, 15) is 23.1 Å². The number of halogens is 3. The summed E-state index contributed by atoms with van der Waals surface area (Å²) < 4.78 is 42.6. The second kappa shape index (κ2) is 7.53. The molecule has 1 aromatic heterocycles. The first-order chi connectivity index (χ1) is 11.3. The van der Waals surface area contributed by atoms with Crippen LogP contribution in [0.3, 0.4) is 0 Å². The van der Waals surface area contributed by atoms with E-state index in [0.717, 1.165) is 12.1 Å². The number of aliphatic hydroxyl groups excluding tert-OH is 1. The number of benzene rings is 1. The molecule has 1 heterocycles. The summed E-state index contributed by atoms with van der Waals surface area (Å²) in [5.41, 5.74) is -0.0813. The fraction of sp³-hybridized carbons (Fsp3) is 0.353. The number of furan rings is 1. The Morgan fingerprint density at radius 3 is 2.46 bits per heavy atom. The molecule has 1 amide bonds. The van der Waals surface area contributed by atoms with Crippen molar-refractivity contribution in [3.05, 3.63) is 59.5 Å². The van der Waals surface area contributed by atoms with Gasteiger partial charge in [-0.1, -0.05) is 19.1 Å². The van der Waals surface area contributed by atoms with Gasteiger partial charge in [-0.25, -0.2) is 0 Å². The van der Waals surface area contributed by atoms with Gasteiger partial charge in [0.05, 0.1) is 18.4 Å². The molecule has 0 radical (unpaired) electrons. The van der Waals surface area contributed by atoms with Crippen LogP contribution in [0.4, 0.5) is 13.2 Å². The number of aliphatic hydroxyl groups is 1. The van der Waals surface area contributed by atoms with Crippen LogP contribution >= 0.6 is 0 Å². The molecule has 2 aromatic rings. The molecular weight excluding hydrogens is 323 g/mol. The molecule has 2 N–H and O–H groups in total. The van der Waals surface area contributed by atoms with Crippen molar-refractivity contribution in [2.45, 2.75) is 25.6 Å². The van der Waals surface area contributed by atoms with E-state index in [1.807, 2.05) is 0 Å². The van der Waals surface area contributed by atoms with Gasteiger partial charge in [-0.2, -0.15) is 13.2 Å². The van der Waals surface area contributed by atoms with Crippen molar-refractivity contribution in [2.75, 3.05) is 6.54 Å². The topological polar surface area (TPSA) is 62.5 Å². The lowest BCUT2D eigenvalue weighted by Gasteiger charge is -2.15. The molecule has 0 bridgehead atoms. The van der Waals surface area contributed by atoms with Crippen LogP contribution in [0.2, 0.25) is 0 Å². The first-order valence-corrected chi connectivity index (χ1v) is 7.42. The third-order valence-corrected chi connectivity index (χ3v) is 3.61. The summed E-state index contributed by atoms with van der Waals surface area (Å²) in [7, 11) is 0. The maximum atomic E-state index is 12.5. The first kappa shape index (κ1) is 18.1. The second-order valence-electron chi connectivity index (χ2n) is 5.58. The van der Waals surface area contributed by atoms with Crippen LogP contribution in [-0.4, -0.2) is 17.6 Å². The van der Waals surface area contributed by atoms with Gasteiger partial charge >= 0.3 is 6.18 Å². The molecular formula is C17H18F3NO3. The summed E-state index contributed by atoms with van der Waals surface area (Å²) >= 11 is 0. The predicted octanol–water partition coefficient (Wildman–Crippen LogP) is 3.33. The second-order valence-corrected chi connectivity index (χ2v) is 5.58. The van der Waals surface area contributed by atoms with Crippen LogP contribution in [0.1, 0.15) is 29.9 Å². The summed E-state index contributed by atoms with van der Waals surface area (Å²) in [5, 5.41) is 12.4. The number of hydrogen-bond donors (Lipinski definition) is 2. The highest BCUT2D eigenvalue weighted by atomic mass is 19.4. The third-order valence-electron chi connectivity index (χ3n) is 3.61. The smallest absolute Gasteiger partial charge is 0.416 e. The fourth-order valence-electron chi connectivity index (χ4n) is 2.23. The highest BCUT2D eigenvalue weighted by molar-refractivity contribution is 5.78. The van der Waals surface area contributed by atoms with Gasteiger partial charge in [0, 0.05) is 5.92 Å². The molecule has 2 rings (SSSR count). The van der Waals surface area contributed by atoms with Crippen molar-refractivity contribution in [3.8, 4) is 0 Å². The summed E-state index contributed by atoms with van der Waals surface area (Å²) in [4.78, 5) is 12.0. The van der Waals surface area contributed by atoms with Crippen molar-refractivity contribution in [3.63, 3.8) is 0 Å². The van der Waals surface area contributed by atoms with Crippen LogP contribution in [0.25, 0.3) is 0 Å². The highest BCUT2D eigenvalue weighted by Gasteiger charge is 2.30.